The summed E-state index contributed by atoms with van der Waals surface area (Å²) in [5.41, 5.74) is 2.57. The van der Waals surface area contributed by atoms with Crippen LogP contribution < -0.4 is 5.32 Å². The van der Waals surface area contributed by atoms with Crippen LogP contribution in [0.5, 0.6) is 0 Å². The van der Waals surface area contributed by atoms with Crippen LogP contribution in [0, 0.1) is 5.92 Å². The van der Waals surface area contributed by atoms with Crippen molar-refractivity contribution in [3.63, 3.8) is 0 Å². The molecule has 3 nitrogen and oxygen atoms in total. The highest BCUT2D eigenvalue weighted by molar-refractivity contribution is 5.11. The van der Waals surface area contributed by atoms with Crippen molar-refractivity contribution < 1.29 is 0 Å². The van der Waals surface area contributed by atoms with E-state index < -0.39 is 0 Å². The Labute approximate surface area is 105 Å². The van der Waals surface area contributed by atoms with Crippen LogP contribution >= 0.6 is 0 Å². The zero-order chi connectivity index (χ0) is 12.4. The van der Waals surface area contributed by atoms with Gasteiger partial charge < -0.3 is 5.32 Å². The van der Waals surface area contributed by atoms with E-state index in [-0.39, 0.29) is 0 Å². The monoisotopic (exact) mass is 235 g/mol. The Kier molecular flexibility index (Phi) is 3.87. The molecule has 1 saturated carbocycles. The van der Waals surface area contributed by atoms with Gasteiger partial charge in [0, 0.05) is 24.8 Å². The average molecular weight is 235 g/mol. The summed E-state index contributed by atoms with van der Waals surface area (Å²) in [7, 11) is 2.06. The molecule has 1 N–H and O–H groups in total. The first-order chi connectivity index (χ1) is 8.10. The van der Waals surface area contributed by atoms with E-state index >= 15 is 0 Å². The van der Waals surface area contributed by atoms with Crippen LogP contribution in [0.15, 0.2) is 6.07 Å². The molecule has 1 aliphatic carbocycles. The number of hydrogen-bond acceptors (Lipinski definition) is 2. The lowest BCUT2D eigenvalue weighted by Gasteiger charge is -2.21. The highest BCUT2D eigenvalue weighted by atomic mass is 15.3. The highest BCUT2D eigenvalue weighted by Crippen LogP contribution is 2.22. The maximum Gasteiger partial charge on any atom is 0.0624 e. The van der Waals surface area contributed by atoms with E-state index in [0.717, 1.165) is 18.9 Å². The van der Waals surface area contributed by atoms with E-state index in [1.807, 2.05) is 4.68 Å². The van der Waals surface area contributed by atoms with E-state index in [1.165, 1.54) is 24.2 Å². The minimum atomic E-state index is 0.600. The van der Waals surface area contributed by atoms with Gasteiger partial charge in [0.25, 0.3) is 0 Å². The minimum Gasteiger partial charge on any atom is -0.311 e. The van der Waals surface area contributed by atoms with Gasteiger partial charge in [-0.2, -0.15) is 5.10 Å². The second kappa shape index (κ2) is 5.21. The summed E-state index contributed by atoms with van der Waals surface area (Å²) in [5, 5.41) is 8.20. The lowest BCUT2D eigenvalue weighted by atomic mass is 9.97. The van der Waals surface area contributed by atoms with Gasteiger partial charge in [-0.1, -0.05) is 13.8 Å². The summed E-state index contributed by atoms with van der Waals surface area (Å²) in [6.45, 7) is 6.80. The maximum atomic E-state index is 4.51. The van der Waals surface area contributed by atoms with Crippen molar-refractivity contribution in [1.29, 1.82) is 0 Å². The molecule has 2 unspecified atom stereocenters. The Hall–Kier alpha value is -0.830. The van der Waals surface area contributed by atoms with Crippen LogP contribution in [0.2, 0.25) is 0 Å². The Morgan fingerprint density at radius 3 is 2.71 bits per heavy atom. The molecule has 2 rings (SSSR count). The van der Waals surface area contributed by atoms with Crippen molar-refractivity contribution in [3.05, 3.63) is 17.5 Å². The van der Waals surface area contributed by atoms with Gasteiger partial charge in [-0.3, -0.25) is 4.68 Å². The van der Waals surface area contributed by atoms with Gasteiger partial charge in [-0.05, 0) is 44.6 Å². The molecule has 3 heteroatoms. The molecule has 2 atom stereocenters. The molecule has 1 heterocycles. The van der Waals surface area contributed by atoms with Crippen LogP contribution in [0.3, 0.4) is 0 Å². The molecule has 0 radical (unpaired) electrons. The highest BCUT2D eigenvalue weighted by Gasteiger charge is 2.25. The molecule has 1 fully saturated rings. The molecule has 0 spiro atoms. The summed E-state index contributed by atoms with van der Waals surface area (Å²) in [4.78, 5) is 0. The summed E-state index contributed by atoms with van der Waals surface area (Å²) in [6.07, 6.45) is 4.87. The Bertz CT molecular complexity index is 366. The third-order valence-corrected chi connectivity index (χ3v) is 3.85. The molecular weight excluding hydrogens is 210 g/mol. The number of aromatic nitrogens is 2. The van der Waals surface area contributed by atoms with Gasteiger partial charge in [0.2, 0.25) is 0 Å². The normalized spacial score (nSPS) is 19.3. The van der Waals surface area contributed by atoms with E-state index in [4.69, 9.17) is 0 Å². The number of hydrogen-bond donors (Lipinski definition) is 1. The van der Waals surface area contributed by atoms with Crippen LogP contribution in [-0.2, 0) is 19.9 Å². The van der Waals surface area contributed by atoms with Crippen LogP contribution in [0.1, 0.15) is 45.0 Å². The molecule has 0 bridgehead atoms. The lowest BCUT2D eigenvalue weighted by molar-refractivity contribution is 0.388. The van der Waals surface area contributed by atoms with Crippen molar-refractivity contribution in [1.82, 2.24) is 15.1 Å². The van der Waals surface area contributed by atoms with Crippen molar-refractivity contribution in [2.24, 2.45) is 13.0 Å². The first kappa shape index (κ1) is 12.6. The second-order valence-electron chi connectivity index (χ2n) is 5.52. The van der Waals surface area contributed by atoms with E-state index in [1.54, 1.807) is 0 Å². The lowest BCUT2D eigenvalue weighted by Crippen LogP contribution is -2.34. The van der Waals surface area contributed by atoms with Gasteiger partial charge in [0.05, 0.1) is 5.69 Å². The van der Waals surface area contributed by atoms with E-state index in [2.05, 4.69) is 44.3 Å². The van der Waals surface area contributed by atoms with Crippen molar-refractivity contribution >= 4 is 0 Å². The molecule has 1 aliphatic rings. The summed E-state index contributed by atoms with van der Waals surface area (Å²) >= 11 is 0. The molecule has 0 saturated heterocycles. The zero-order valence-electron chi connectivity index (χ0n) is 11.5. The van der Waals surface area contributed by atoms with E-state index in [0.29, 0.717) is 12.0 Å². The maximum absolute atomic E-state index is 4.51. The fraction of sp³-hybridized carbons (Fsp3) is 0.786. The molecule has 17 heavy (non-hydrogen) atoms. The molecular formula is C14H25N3. The molecule has 1 aromatic heterocycles. The molecule has 0 aliphatic heterocycles. The number of nitrogens with one attached hydrogen (secondary N) is 1. The first-order valence-electron chi connectivity index (χ1n) is 6.88. The topological polar surface area (TPSA) is 29.9 Å². The summed E-state index contributed by atoms with van der Waals surface area (Å²) in [6, 6.07) is 3.65. The standard InChI is InChI=1S/C14H25N3/c1-5-12-9-14(17(4)16-12)8-10(2)11(3)15-13-6-7-13/h9-11,13,15H,5-8H2,1-4H3. The number of rotatable bonds is 6. The smallest absolute Gasteiger partial charge is 0.0624 e. The molecule has 0 amide bonds. The van der Waals surface area contributed by atoms with Gasteiger partial charge in [0.1, 0.15) is 0 Å². The van der Waals surface area contributed by atoms with Gasteiger partial charge in [0.15, 0.2) is 0 Å². The Morgan fingerprint density at radius 2 is 2.18 bits per heavy atom. The van der Waals surface area contributed by atoms with Crippen molar-refractivity contribution in [2.75, 3.05) is 0 Å². The van der Waals surface area contributed by atoms with Crippen molar-refractivity contribution in [3.8, 4) is 0 Å². The summed E-state index contributed by atoms with van der Waals surface area (Å²) < 4.78 is 2.04. The first-order valence-corrected chi connectivity index (χ1v) is 6.88. The van der Waals surface area contributed by atoms with Crippen LogP contribution in [0.4, 0.5) is 0 Å². The SMILES string of the molecule is CCc1cc(CC(C)C(C)NC2CC2)n(C)n1. The largest absolute Gasteiger partial charge is 0.311 e. The van der Waals surface area contributed by atoms with Gasteiger partial charge >= 0.3 is 0 Å². The quantitative estimate of drug-likeness (QED) is 0.820. The predicted octanol–water partition coefficient (Wildman–Crippen LogP) is 2.30. The Balaban J connectivity index is 1.91. The van der Waals surface area contributed by atoms with E-state index in [9.17, 15) is 0 Å². The molecule has 96 valence electrons. The van der Waals surface area contributed by atoms with Gasteiger partial charge in [-0.25, -0.2) is 0 Å². The molecule has 0 aromatic carbocycles. The number of aryl methyl sites for hydroxylation is 2. The number of nitrogens with zero attached hydrogens (tertiary/aromatic N) is 2. The third kappa shape index (κ3) is 3.32. The second-order valence-corrected chi connectivity index (χ2v) is 5.52. The van der Waals surface area contributed by atoms with Crippen LogP contribution in [0.25, 0.3) is 0 Å². The zero-order valence-corrected chi connectivity index (χ0v) is 11.5. The van der Waals surface area contributed by atoms with Gasteiger partial charge in [-0.15, -0.1) is 0 Å². The van der Waals surface area contributed by atoms with Crippen LogP contribution in [-0.4, -0.2) is 21.9 Å². The fourth-order valence-corrected chi connectivity index (χ4v) is 2.23. The summed E-state index contributed by atoms with van der Waals surface area (Å²) in [5.74, 6) is 0.663. The molecule has 1 aromatic rings. The third-order valence-electron chi connectivity index (χ3n) is 3.85. The average Bonchev–Trinajstić information content (AvgIpc) is 3.03. The fourth-order valence-electron chi connectivity index (χ4n) is 2.23. The minimum absolute atomic E-state index is 0.600. The predicted molar refractivity (Wildman–Crippen MR) is 71.1 cm³/mol. The Morgan fingerprint density at radius 1 is 1.47 bits per heavy atom. The van der Waals surface area contributed by atoms with Crippen molar-refractivity contribution in [2.45, 2.75) is 58.5 Å².